The van der Waals surface area contributed by atoms with Crippen molar-refractivity contribution in [2.75, 3.05) is 0 Å². The van der Waals surface area contributed by atoms with Crippen LogP contribution in [0.25, 0.3) is 0 Å². The SMILES string of the molecule is CCc1cc(CC)cc(SSc2cc(CC)cc(CC)c2)c1. The number of hydrogen-bond donors (Lipinski definition) is 0. The highest BCUT2D eigenvalue weighted by Gasteiger charge is 2.04. The molecule has 0 aliphatic rings. The quantitative estimate of drug-likeness (QED) is 0.516. The van der Waals surface area contributed by atoms with Gasteiger partial charge in [0, 0.05) is 9.79 Å². The van der Waals surface area contributed by atoms with E-state index in [-0.39, 0.29) is 0 Å². The second-order valence-electron chi connectivity index (χ2n) is 5.55. The lowest BCUT2D eigenvalue weighted by Crippen LogP contribution is -1.88. The lowest BCUT2D eigenvalue weighted by atomic mass is 10.1. The van der Waals surface area contributed by atoms with Gasteiger partial charge in [-0.2, -0.15) is 0 Å². The second kappa shape index (κ2) is 8.69. The van der Waals surface area contributed by atoms with Crippen LogP contribution >= 0.6 is 21.6 Å². The third-order valence-electron chi connectivity index (χ3n) is 3.92. The summed E-state index contributed by atoms with van der Waals surface area (Å²) in [6.45, 7) is 8.92. The molecule has 0 N–H and O–H groups in total. The third-order valence-corrected chi connectivity index (χ3v) is 6.26. The maximum absolute atomic E-state index is 2.33. The van der Waals surface area contributed by atoms with Gasteiger partial charge in [0.1, 0.15) is 0 Å². The van der Waals surface area contributed by atoms with Crippen molar-refractivity contribution in [3.63, 3.8) is 0 Å². The van der Waals surface area contributed by atoms with Crippen molar-refractivity contribution in [3.05, 3.63) is 58.7 Å². The molecule has 2 rings (SSSR count). The molecule has 0 saturated heterocycles. The number of hydrogen-bond acceptors (Lipinski definition) is 2. The average Bonchev–Trinajstić information content (AvgIpc) is 2.59. The Morgan fingerprint density at radius 1 is 0.500 bits per heavy atom. The Balaban J connectivity index is 2.15. The summed E-state index contributed by atoms with van der Waals surface area (Å²) in [5, 5.41) is 0. The minimum atomic E-state index is 1.11. The lowest BCUT2D eigenvalue weighted by molar-refractivity contribution is 1.06. The van der Waals surface area contributed by atoms with Crippen LogP contribution in [0.3, 0.4) is 0 Å². The van der Waals surface area contributed by atoms with Crippen LogP contribution in [0.15, 0.2) is 46.2 Å². The average molecular weight is 331 g/mol. The summed E-state index contributed by atoms with van der Waals surface area (Å²) in [5.74, 6) is 0. The van der Waals surface area contributed by atoms with E-state index in [0.717, 1.165) is 25.7 Å². The van der Waals surface area contributed by atoms with Crippen molar-refractivity contribution < 1.29 is 0 Å². The first-order valence-electron chi connectivity index (χ1n) is 8.28. The van der Waals surface area contributed by atoms with Crippen molar-refractivity contribution in [2.45, 2.75) is 63.2 Å². The van der Waals surface area contributed by atoms with Gasteiger partial charge in [-0.3, -0.25) is 0 Å². The van der Waals surface area contributed by atoms with E-state index in [9.17, 15) is 0 Å². The van der Waals surface area contributed by atoms with Crippen LogP contribution in [0.2, 0.25) is 0 Å². The van der Waals surface area contributed by atoms with Crippen LogP contribution in [0.5, 0.6) is 0 Å². The van der Waals surface area contributed by atoms with Crippen LogP contribution < -0.4 is 0 Å². The van der Waals surface area contributed by atoms with Gasteiger partial charge in [0.25, 0.3) is 0 Å². The summed E-state index contributed by atoms with van der Waals surface area (Å²) in [4.78, 5) is 2.75. The highest BCUT2D eigenvalue weighted by atomic mass is 33.1. The minimum absolute atomic E-state index is 1.11. The maximum atomic E-state index is 2.33. The molecule has 22 heavy (non-hydrogen) atoms. The van der Waals surface area contributed by atoms with Gasteiger partial charge in [-0.25, -0.2) is 0 Å². The highest BCUT2D eigenvalue weighted by molar-refractivity contribution is 8.76. The first-order chi connectivity index (χ1) is 10.7. The van der Waals surface area contributed by atoms with E-state index in [1.165, 1.54) is 32.0 Å². The fourth-order valence-electron chi connectivity index (χ4n) is 2.47. The number of aryl methyl sites for hydroxylation is 4. The summed E-state index contributed by atoms with van der Waals surface area (Å²) in [7, 11) is 3.78. The van der Waals surface area contributed by atoms with Gasteiger partial charge in [-0.1, -0.05) is 61.4 Å². The molecule has 0 aromatic heterocycles. The minimum Gasteiger partial charge on any atom is -0.0613 e. The zero-order valence-corrected chi connectivity index (χ0v) is 15.7. The predicted molar refractivity (Wildman–Crippen MR) is 102 cm³/mol. The van der Waals surface area contributed by atoms with E-state index in [4.69, 9.17) is 0 Å². The van der Waals surface area contributed by atoms with Crippen molar-refractivity contribution in [3.8, 4) is 0 Å². The molecule has 0 saturated carbocycles. The maximum Gasteiger partial charge on any atom is 0.0191 e. The molecule has 2 heteroatoms. The van der Waals surface area contributed by atoms with Gasteiger partial charge in [0.15, 0.2) is 0 Å². The molecule has 0 amide bonds. The normalized spacial score (nSPS) is 10.9. The highest BCUT2D eigenvalue weighted by Crippen LogP contribution is 2.39. The molecule has 0 fully saturated rings. The van der Waals surface area contributed by atoms with Crippen LogP contribution in [0.1, 0.15) is 49.9 Å². The molecular formula is C20H26S2. The van der Waals surface area contributed by atoms with Crippen LogP contribution in [0.4, 0.5) is 0 Å². The first-order valence-corrected chi connectivity index (χ1v) is 10.4. The molecular weight excluding hydrogens is 304 g/mol. The Morgan fingerprint density at radius 2 is 0.773 bits per heavy atom. The number of rotatable bonds is 7. The van der Waals surface area contributed by atoms with E-state index in [2.05, 4.69) is 64.1 Å². The summed E-state index contributed by atoms with van der Waals surface area (Å²) in [5.41, 5.74) is 5.77. The first kappa shape index (κ1) is 17.5. The van der Waals surface area contributed by atoms with Gasteiger partial charge in [-0.05, 0) is 72.2 Å². The predicted octanol–water partition coefficient (Wildman–Crippen LogP) is 6.74. The largest absolute Gasteiger partial charge is 0.0613 e. The van der Waals surface area contributed by atoms with Gasteiger partial charge >= 0.3 is 0 Å². The Kier molecular flexibility index (Phi) is 6.91. The molecule has 2 aromatic carbocycles. The van der Waals surface area contributed by atoms with Gasteiger partial charge < -0.3 is 0 Å². The van der Waals surface area contributed by atoms with E-state index in [1.807, 2.05) is 21.6 Å². The van der Waals surface area contributed by atoms with E-state index >= 15 is 0 Å². The van der Waals surface area contributed by atoms with Crippen molar-refractivity contribution >= 4 is 21.6 Å². The fourth-order valence-corrected chi connectivity index (χ4v) is 4.61. The summed E-state index contributed by atoms with van der Waals surface area (Å²) in [6, 6.07) is 14.0. The molecule has 0 aliphatic carbocycles. The summed E-state index contributed by atoms with van der Waals surface area (Å²) >= 11 is 0. The molecule has 0 aliphatic heterocycles. The van der Waals surface area contributed by atoms with Crippen LogP contribution in [0, 0.1) is 0 Å². The molecule has 0 radical (unpaired) electrons. The van der Waals surface area contributed by atoms with Crippen molar-refractivity contribution in [2.24, 2.45) is 0 Å². The van der Waals surface area contributed by atoms with E-state index < -0.39 is 0 Å². The monoisotopic (exact) mass is 330 g/mol. The van der Waals surface area contributed by atoms with E-state index in [0.29, 0.717) is 0 Å². The molecule has 0 heterocycles. The topological polar surface area (TPSA) is 0 Å². The second-order valence-corrected chi connectivity index (χ2v) is 7.83. The molecule has 0 nitrogen and oxygen atoms in total. The zero-order valence-electron chi connectivity index (χ0n) is 14.1. The molecule has 0 bridgehead atoms. The van der Waals surface area contributed by atoms with E-state index in [1.54, 1.807) is 0 Å². The Labute approximate surface area is 143 Å². The van der Waals surface area contributed by atoms with Crippen LogP contribution in [-0.2, 0) is 25.7 Å². The Bertz CT molecular complexity index is 517. The zero-order chi connectivity index (χ0) is 15.9. The summed E-state index contributed by atoms with van der Waals surface area (Å²) in [6.07, 6.45) is 4.43. The van der Waals surface area contributed by atoms with Gasteiger partial charge in [0.05, 0.1) is 0 Å². The molecule has 0 spiro atoms. The summed E-state index contributed by atoms with van der Waals surface area (Å²) < 4.78 is 0. The standard InChI is InChI=1S/C20H26S2/c1-5-15-9-16(6-2)12-19(11-15)21-22-20-13-17(7-3)10-18(8-4)14-20/h9-14H,5-8H2,1-4H3. The molecule has 0 atom stereocenters. The van der Waals surface area contributed by atoms with Gasteiger partial charge in [0.2, 0.25) is 0 Å². The number of benzene rings is 2. The van der Waals surface area contributed by atoms with Crippen molar-refractivity contribution in [1.29, 1.82) is 0 Å². The molecule has 2 aromatic rings. The lowest BCUT2D eigenvalue weighted by Gasteiger charge is -2.09. The third kappa shape index (κ3) is 4.82. The smallest absolute Gasteiger partial charge is 0.0191 e. The molecule has 118 valence electrons. The van der Waals surface area contributed by atoms with Gasteiger partial charge in [-0.15, -0.1) is 0 Å². The van der Waals surface area contributed by atoms with Crippen molar-refractivity contribution in [1.82, 2.24) is 0 Å². The Hall–Kier alpha value is -0.860. The Morgan fingerprint density at radius 3 is 1.00 bits per heavy atom. The molecule has 0 unspecified atom stereocenters. The van der Waals surface area contributed by atoms with Crippen LogP contribution in [-0.4, -0.2) is 0 Å². The fraction of sp³-hybridized carbons (Fsp3) is 0.400.